The Labute approximate surface area is 135 Å². The average Bonchev–Trinajstić information content (AvgIpc) is 2.99. The molecule has 0 bridgehead atoms. The molecule has 0 aliphatic carbocycles. The van der Waals surface area contributed by atoms with E-state index in [0.29, 0.717) is 10.6 Å². The highest BCUT2D eigenvalue weighted by Crippen LogP contribution is 2.32. The zero-order valence-electron chi connectivity index (χ0n) is 11.4. The number of hydrogen-bond acceptors (Lipinski definition) is 3. The highest BCUT2D eigenvalue weighted by atomic mass is 35.5. The van der Waals surface area contributed by atoms with Gasteiger partial charge in [0.15, 0.2) is 11.6 Å². The summed E-state index contributed by atoms with van der Waals surface area (Å²) in [5.41, 5.74) is 0.547. The summed E-state index contributed by atoms with van der Waals surface area (Å²) in [6, 6.07) is 3.26. The molecule has 0 amide bonds. The van der Waals surface area contributed by atoms with E-state index in [1.54, 1.807) is 13.0 Å². The van der Waals surface area contributed by atoms with Gasteiger partial charge in [-0.2, -0.15) is 0 Å². The molecule has 1 heterocycles. The first-order valence-corrected chi connectivity index (χ1v) is 6.87. The van der Waals surface area contributed by atoms with Crippen LogP contribution >= 0.6 is 23.2 Å². The summed E-state index contributed by atoms with van der Waals surface area (Å²) in [4.78, 5) is 0. The first kappa shape index (κ1) is 16.4. The molecule has 0 saturated carbocycles. The first-order chi connectivity index (χ1) is 10.5. The van der Waals surface area contributed by atoms with Crippen LogP contribution in [0, 0.1) is 11.6 Å². The number of aromatic nitrogens is 2. The first-order valence-electron chi connectivity index (χ1n) is 6.11. The van der Waals surface area contributed by atoms with Gasteiger partial charge in [-0.05, 0) is 31.2 Å². The van der Waals surface area contributed by atoms with Gasteiger partial charge in [0, 0.05) is 5.56 Å². The lowest BCUT2D eigenvalue weighted by atomic mass is 10.2. The van der Waals surface area contributed by atoms with Crippen LogP contribution < -0.4 is 0 Å². The molecule has 0 N–H and O–H groups in total. The molecule has 22 heavy (non-hydrogen) atoms. The van der Waals surface area contributed by atoms with E-state index in [2.05, 4.69) is 16.8 Å². The molecule has 7 heteroatoms. The van der Waals surface area contributed by atoms with Crippen molar-refractivity contribution in [3.8, 4) is 11.5 Å². The second-order valence-corrected chi connectivity index (χ2v) is 4.92. The third kappa shape index (κ3) is 3.26. The molecule has 114 valence electrons. The Kier molecular flexibility index (Phi) is 5.11. The Morgan fingerprint density at radius 1 is 1.23 bits per heavy atom. The largest absolute Gasteiger partial charge is 0.416 e. The summed E-state index contributed by atoms with van der Waals surface area (Å²) in [6.45, 7) is 5.26. The molecule has 2 rings (SSSR count). The van der Waals surface area contributed by atoms with Crippen LogP contribution in [0.25, 0.3) is 17.0 Å². The van der Waals surface area contributed by atoms with E-state index in [-0.39, 0.29) is 22.4 Å². The van der Waals surface area contributed by atoms with E-state index < -0.39 is 11.6 Å². The molecule has 0 aliphatic rings. The van der Waals surface area contributed by atoms with Gasteiger partial charge in [0.05, 0.1) is 15.6 Å². The van der Waals surface area contributed by atoms with Crippen molar-refractivity contribution in [1.29, 1.82) is 0 Å². The highest BCUT2D eigenvalue weighted by molar-refractivity contribution is 6.42. The molecule has 1 aromatic carbocycles. The molecular formula is C15H10Cl2F2N2O. The topological polar surface area (TPSA) is 38.9 Å². The van der Waals surface area contributed by atoms with E-state index in [4.69, 9.17) is 27.6 Å². The molecule has 0 fully saturated rings. The zero-order chi connectivity index (χ0) is 16.3. The molecule has 0 unspecified atom stereocenters. The van der Waals surface area contributed by atoms with Gasteiger partial charge in [0.1, 0.15) is 0 Å². The quantitative estimate of drug-likeness (QED) is 0.708. The third-order valence-electron chi connectivity index (χ3n) is 2.72. The van der Waals surface area contributed by atoms with Crippen LogP contribution in [-0.2, 0) is 0 Å². The van der Waals surface area contributed by atoms with E-state index in [1.807, 2.05) is 0 Å². The number of nitrogens with zero attached hydrogens (tertiary/aromatic N) is 2. The van der Waals surface area contributed by atoms with Gasteiger partial charge in [-0.1, -0.05) is 35.9 Å². The Hall–Kier alpha value is -1.98. The number of allylic oxidation sites excluding steroid dienone is 5. The normalized spacial score (nSPS) is 13.0. The fourth-order valence-electron chi connectivity index (χ4n) is 1.63. The lowest BCUT2D eigenvalue weighted by Gasteiger charge is -2.02. The molecule has 2 aromatic rings. The van der Waals surface area contributed by atoms with Crippen LogP contribution in [0.15, 0.2) is 51.4 Å². The maximum atomic E-state index is 13.3. The van der Waals surface area contributed by atoms with Crippen molar-refractivity contribution in [1.82, 2.24) is 10.2 Å². The molecule has 0 saturated heterocycles. The van der Waals surface area contributed by atoms with E-state index in [0.717, 1.165) is 12.1 Å². The summed E-state index contributed by atoms with van der Waals surface area (Å²) >= 11 is 12.1. The van der Waals surface area contributed by atoms with E-state index in [1.165, 1.54) is 12.1 Å². The summed E-state index contributed by atoms with van der Waals surface area (Å²) in [5, 5.41) is 8.15. The fraction of sp³-hybridized carbons (Fsp3) is 0.0667. The van der Waals surface area contributed by atoms with Crippen molar-refractivity contribution in [3.05, 3.63) is 64.5 Å². The van der Waals surface area contributed by atoms with Crippen LogP contribution in [0.2, 0.25) is 0 Å². The monoisotopic (exact) mass is 342 g/mol. The number of benzene rings is 1. The number of halogens is 4. The van der Waals surface area contributed by atoms with Gasteiger partial charge in [-0.25, -0.2) is 8.78 Å². The Balaban J connectivity index is 2.50. The van der Waals surface area contributed by atoms with Gasteiger partial charge in [0.2, 0.25) is 5.89 Å². The van der Waals surface area contributed by atoms with Gasteiger partial charge < -0.3 is 4.42 Å². The molecule has 0 aliphatic heterocycles. The molecule has 3 nitrogen and oxygen atoms in total. The molecular weight excluding hydrogens is 333 g/mol. The van der Waals surface area contributed by atoms with Gasteiger partial charge in [0.25, 0.3) is 5.89 Å². The van der Waals surface area contributed by atoms with Crippen LogP contribution in [0.3, 0.4) is 0 Å². The second-order valence-electron chi connectivity index (χ2n) is 4.10. The number of rotatable bonds is 4. The van der Waals surface area contributed by atoms with Crippen molar-refractivity contribution < 1.29 is 13.2 Å². The molecule has 0 atom stereocenters. The van der Waals surface area contributed by atoms with Crippen molar-refractivity contribution in [2.24, 2.45) is 0 Å². The van der Waals surface area contributed by atoms with Crippen molar-refractivity contribution in [2.75, 3.05) is 0 Å². The predicted molar refractivity (Wildman–Crippen MR) is 82.2 cm³/mol. The minimum atomic E-state index is -1.01. The maximum Gasteiger partial charge on any atom is 0.251 e. The molecule has 0 radical (unpaired) electrons. The predicted octanol–water partition coefficient (Wildman–Crippen LogP) is 5.29. The van der Waals surface area contributed by atoms with Crippen LogP contribution in [0.1, 0.15) is 12.8 Å². The van der Waals surface area contributed by atoms with Gasteiger partial charge in [-0.3, -0.25) is 0 Å². The minimum Gasteiger partial charge on any atom is -0.416 e. The van der Waals surface area contributed by atoms with Gasteiger partial charge >= 0.3 is 0 Å². The van der Waals surface area contributed by atoms with Gasteiger partial charge in [-0.15, -0.1) is 10.2 Å². The fourth-order valence-corrected chi connectivity index (χ4v) is 2.05. The van der Waals surface area contributed by atoms with Crippen molar-refractivity contribution >= 4 is 28.8 Å². The third-order valence-corrected chi connectivity index (χ3v) is 3.47. The molecule has 0 spiro atoms. The average molecular weight is 343 g/mol. The lowest BCUT2D eigenvalue weighted by Crippen LogP contribution is -1.87. The standard InChI is InChI=1S/C15H10Cl2F2N2O/c1-3-9(16)13(10(17)4-2)15-21-20-14(22-15)8-5-6-11(18)12(19)7-8/h3-7H,1H2,2H3/b10-4+,13-9-. The van der Waals surface area contributed by atoms with E-state index >= 15 is 0 Å². The Bertz CT molecular complexity index is 782. The second kappa shape index (κ2) is 6.85. The summed E-state index contributed by atoms with van der Waals surface area (Å²) in [5.74, 6) is -1.91. The van der Waals surface area contributed by atoms with Crippen molar-refractivity contribution in [3.63, 3.8) is 0 Å². The van der Waals surface area contributed by atoms with Crippen LogP contribution in [-0.4, -0.2) is 10.2 Å². The molecule has 1 aromatic heterocycles. The summed E-state index contributed by atoms with van der Waals surface area (Å²) in [6.07, 6.45) is 2.98. The minimum absolute atomic E-state index is 0.0144. The van der Waals surface area contributed by atoms with Crippen molar-refractivity contribution in [2.45, 2.75) is 6.92 Å². The van der Waals surface area contributed by atoms with E-state index in [9.17, 15) is 8.78 Å². The summed E-state index contributed by atoms with van der Waals surface area (Å²) in [7, 11) is 0. The smallest absolute Gasteiger partial charge is 0.251 e. The highest BCUT2D eigenvalue weighted by Gasteiger charge is 2.18. The number of hydrogen-bond donors (Lipinski definition) is 0. The lowest BCUT2D eigenvalue weighted by molar-refractivity contribution is 0.507. The maximum absolute atomic E-state index is 13.3. The Morgan fingerprint density at radius 3 is 2.55 bits per heavy atom. The SMILES string of the molecule is C=C/C(Cl)=C(\C(Cl)=C/C)c1nnc(-c2ccc(F)c(F)c2)o1. The summed E-state index contributed by atoms with van der Waals surface area (Å²) < 4.78 is 31.7. The van der Waals surface area contributed by atoms with Crippen LogP contribution in [0.4, 0.5) is 8.78 Å². The van der Waals surface area contributed by atoms with Crippen LogP contribution in [0.5, 0.6) is 0 Å². The zero-order valence-corrected chi connectivity index (χ0v) is 12.9. The Morgan fingerprint density at radius 2 is 1.95 bits per heavy atom.